The van der Waals surface area contributed by atoms with Gasteiger partial charge in [0.1, 0.15) is 5.82 Å². The summed E-state index contributed by atoms with van der Waals surface area (Å²) < 4.78 is 2.21. The standard InChI is InChI=1S/C19H30N4O2/c1-2-21-15-10-20-19(21)16-8-13-23(14-9-16)18(25)7-5-12-22-11-4-3-6-17(22)24/h10,15-16H,2-9,11-14H2,1H3. The topological polar surface area (TPSA) is 58.4 Å². The molecule has 1 aromatic heterocycles. The van der Waals surface area contributed by atoms with Gasteiger partial charge in [0.25, 0.3) is 0 Å². The molecular formula is C19H30N4O2. The van der Waals surface area contributed by atoms with Crippen molar-refractivity contribution in [1.82, 2.24) is 19.4 Å². The number of carbonyl (C=O) groups is 2. The van der Waals surface area contributed by atoms with Crippen LogP contribution in [0.4, 0.5) is 0 Å². The molecule has 0 aromatic carbocycles. The van der Waals surface area contributed by atoms with E-state index in [9.17, 15) is 9.59 Å². The molecule has 25 heavy (non-hydrogen) atoms. The molecule has 6 heteroatoms. The quantitative estimate of drug-likeness (QED) is 0.795. The maximum atomic E-state index is 12.4. The lowest BCUT2D eigenvalue weighted by Gasteiger charge is -2.32. The fourth-order valence-corrected chi connectivity index (χ4v) is 4.01. The summed E-state index contributed by atoms with van der Waals surface area (Å²) in [5, 5.41) is 0. The molecule has 1 aromatic rings. The van der Waals surface area contributed by atoms with Crippen molar-refractivity contribution in [2.75, 3.05) is 26.2 Å². The third-order valence-corrected chi connectivity index (χ3v) is 5.54. The van der Waals surface area contributed by atoms with Gasteiger partial charge < -0.3 is 14.4 Å². The normalized spacial score (nSPS) is 19.5. The zero-order valence-electron chi connectivity index (χ0n) is 15.3. The van der Waals surface area contributed by atoms with E-state index in [1.165, 1.54) is 5.82 Å². The van der Waals surface area contributed by atoms with Gasteiger partial charge in [0.2, 0.25) is 11.8 Å². The lowest BCUT2D eigenvalue weighted by atomic mass is 9.95. The van der Waals surface area contributed by atoms with Gasteiger partial charge in [-0.1, -0.05) is 0 Å². The molecule has 0 N–H and O–H groups in total. The van der Waals surface area contributed by atoms with E-state index in [-0.39, 0.29) is 11.8 Å². The molecule has 0 saturated carbocycles. The molecule has 3 heterocycles. The Labute approximate surface area is 150 Å². The maximum Gasteiger partial charge on any atom is 0.222 e. The number of aryl methyl sites for hydroxylation is 1. The molecule has 2 saturated heterocycles. The van der Waals surface area contributed by atoms with E-state index < -0.39 is 0 Å². The minimum Gasteiger partial charge on any atom is -0.343 e. The van der Waals surface area contributed by atoms with Crippen LogP contribution in [0.5, 0.6) is 0 Å². The van der Waals surface area contributed by atoms with Gasteiger partial charge in [0.05, 0.1) is 0 Å². The predicted octanol–water partition coefficient (Wildman–Crippen LogP) is 2.40. The van der Waals surface area contributed by atoms with Crippen LogP contribution in [0.1, 0.15) is 63.6 Å². The van der Waals surface area contributed by atoms with E-state index in [1.807, 2.05) is 22.2 Å². The van der Waals surface area contributed by atoms with Crippen molar-refractivity contribution in [2.24, 2.45) is 0 Å². The third kappa shape index (κ3) is 4.41. The second kappa shape index (κ2) is 8.50. The lowest BCUT2D eigenvalue weighted by Crippen LogP contribution is -2.39. The van der Waals surface area contributed by atoms with E-state index in [4.69, 9.17) is 0 Å². The number of piperidine rings is 2. The lowest BCUT2D eigenvalue weighted by molar-refractivity contribution is -0.135. The van der Waals surface area contributed by atoms with E-state index >= 15 is 0 Å². The molecule has 6 nitrogen and oxygen atoms in total. The molecule has 2 aliphatic heterocycles. The summed E-state index contributed by atoms with van der Waals surface area (Å²) >= 11 is 0. The largest absolute Gasteiger partial charge is 0.343 e. The van der Waals surface area contributed by atoms with Crippen molar-refractivity contribution in [3.05, 3.63) is 18.2 Å². The number of aromatic nitrogens is 2. The predicted molar refractivity (Wildman–Crippen MR) is 96.1 cm³/mol. The fraction of sp³-hybridized carbons (Fsp3) is 0.737. The highest BCUT2D eigenvalue weighted by atomic mass is 16.2. The number of hydrogen-bond donors (Lipinski definition) is 0. The second-order valence-corrected chi connectivity index (χ2v) is 7.17. The molecule has 138 valence electrons. The minimum absolute atomic E-state index is 0.238. The smallest absolute Gasteiger partial charge is 0.222 e. The monoisotopic (exact) mass is 346 g/mol. The Hall–Kier alpha value is -1.85. The van der Waals surface area contributed by atoms with Crippen molar-refractivity contribution in [2.45, 2.75) is 64.3 Å². The average Bonchev–Trinajstić information content (AvgIpc) is 3.12. The van der Waals surface area contributed by atoms with Gasteiger partial charge in [-0.2, -0.15) is 0 Å². The Morgan fingerprint density at radius 2 is 2.04 bits per heavy atom. The van der Waals surface area contributed by atoms with Crippen LogP contribution in [0.2, 0.25) is 0 Å². The Morgan fingerprint density at radius 1 is 1.24 bits per heavy atom. The molecule has 0 aliphatic carbocycles. The first-order chi connectivity index (χ1) is 12.2. The SMILES string of the molecule is CCn1ccnc1C1CCN(C(=O)CCCN2CCCCC2=O)CC1. The van der Waals surface area contributed by atoms with E-state index in [0.29, 0.717) is 18.8 Å². The number of hydrogen-bond acceptors (Lipinski definition) is 3. The molecule has 2 amide bonds. The van der Waals surface area contributed by atoms with Crippen LogP contribution >= 0.6 is 0 Å². The zero-order chi connectivity index (χ0) is 17.6. The van der Waals surface area contributed by atoms with Gasteiger partial charge in [-0.3, -0.25) is 9.59 Å². The first kappa shape index (κ1) is 18.0. The Kier molecular flexibility index (Phi) is 6.10. The molecule has 0 bridgehead atoms. The summed E-state index contributed by atoms with van der Waals surface area (Å²) in [5.41, 5.74) is 0. The van der Waals surface area contributed by atoms with Crippen LogP contribution in [-0.2, 0) is 16.1 Å². The number of imidazole rings is 1. The molecule has 2 fully saturated rings. The first-order valence-electron chi connectivity index (χ1n) is 9.75. The highest BCUT2D eigenvalue weighted by molar-refractivity contribution is 5.77. The zero-order valence-corrected chi connectivity index (χ0v) is 15.3. The highest BCUT2D eigenvalue weighted by Crippen LogP contribution is 2.27. The van der Waals surface area contributed by atoms with E-state index in [0.717, 1.165) is 64.8 Å². The summed E-state index contributed by atoms with van der Waals surface area (Å²) in [5.74, 6) is 2.12. The summed E-state index contributed by atoms with van der Waals surface area (Å²) in [7, 11) is 0. The molecule has 0 radical (unpaired) electrons. The van der Waals surface area contributed by atoms with Crippen LogP contribution in [0, 0.1) is 0 Å². The fourth-order valence-electron chi connectivity index (χ4n) is 4.01. The maximum absolute atomic E-state index is 12.4. The Balaban J connectivity index is 1.40. The van der Waals surface area contributed by atoms with Gasteiger partial charge in [0.15, 0.2) is 0 Å². The van der Waals surface area contributed by atoms with Gasteiger partial charge in [-0.25, -0.2) is 4.98 Å². The highest BCUT2D eigenvalue weighted by Gasteiger charge is 2.26. The van der Waals surface area contributed by atoms with Gasteiger partial charge in [0, 0.05) is 63.9 Å². The average molecular weight is 346 g/mol. The number of rotatable bonds is 6. The van der Waals surface area contributed by atoms with Crippen molar-refractivity contribution in [3.63, 3.8) is 0 Å². The molecular weight excluding hydrogens is 316 g/mol. The Morgan fingerprint density at radius 3 is 2.76 bits per heavy atom. The molecule has 0 spiro atoms. The second-order valence-electron chi connectivity index (χ2n) is 7.17. The van der Waals surface area contributed by atoms with Crippen molar-refractivity contribution >= 4 is 11.8 Å². The van der Waals surface area contributed by atoms with Crippen LogP contribution in [0.3, 0.4) is 0 Å². The summed E-state index contributed by atoms with van der Waals surface area (Å²) in [6, 6.07) is 0. The first-order valence-corrected chi connectivity index (χ1v) is 9.75. The summed E-state index contributed by atoms with van der Waals surface area (Å²) in [4.78, 5) is 32.7. The van der Waals surface area contributed by atoms with Gasteiger partial charge in [-0.15, -0.1) is 0 Å². The number of amides is 2. The number of likely N-dealkylation sites (tertiary alicyclic amines) is 2. The number of carbonyl (C=O) groups excluding carboxylic acids is 2. The molecule has 0 unspecified atom stereocenters. The van der Waals surface area contributed by atoms with Crippen LogP contribution in [0.25, 0.3) is 0 Å². The number of nitrogens with zero attached hydrogens (tertiary/aromatic N) is 4. The van der Waals surface area contributed by atoms with Crippen LogP contribution < -0.4 is 0 Å². The summed E-state index contributed by atoms with van der Waals surface area (Å²) in [6.45, 7) is 6.32. The summed E-state index contributed by atoms with van der Waals surface area (Å²) in [6.07, 6.45) is 10.0. The van der Waals surface area contributed by atoms with E-state index in [2.05, 4.69) is 16.5 Å². The van der Waals surface area contributed by atoms with Crippen molar-refractivity contribution < 1.29 is 9.59 Å². The van der Waals surface area contributed by atoms with Gasteiger partial charge >= 0.3 is 0 Å². The third-order valence-electron chi connectivity index (χ3n) is 5.54. The van der Waals surface area contributed by atoms with E-state index in [1.54, 1.807) is 0 Å². The van der Waals surface area contributed by atoms with Crippen molar-refractivity contribution in [3.8, 4) is 0 Å². The van der Waals surface area contributed by atoms with Crippen LogP contribution in [-0.4, -0.2) is 57.3 Å². The minimum atomic E-state index is 0.238. The molecule has 3 rings (SSSR count). The van der Waals surface area contributed by atoms with Crippen LogP contribution in [0.15, 0.2) is 12.4 Å². The Bertz CT molecular complexity index is 590. The van der Waals surface area contributed by atoms with Crippen molar-refractivity contribution in [1.29, 1.82) is 0 Å². The molecule has 2 aliphatic rings. The van der Waals surface area contributed by atoms with Gasteiger partial charge in [-0.05, 0) is 39.0 Å². The molecule has 0 atom stereocenters.